The number of nitrogens with zero attached hydrogens (tertiary/aromatic N) is 2. The Morgan fingerprint density at radius 3 is 2.88 bits per heavy atom. The second-order valence-electron chi connectivity index (χ2n) is 4.11. The van der Waals surface area contributed by atoms with Crippen LogP contribution in [0.1, 0.15) is 20.3 Å². The minimum Gasteiger partial charge on any atom is -0.467 e. The fourth-order valence-electron chi connectivity index (χ4n) is 1.80. The molecule has 2 atom stereocenters. The van der Waals surface area contributed by atoms with Gasteiger partial charge in [-0.25, -0.2) is 4.79 Å². The fraction of sp³-hybridized carbons (Fsp3) is 0.700. The first kappa shape index (κ1) is 12.5. The summed E-state index contributed by atoms with van der Waals surface area (Å²) in [6.45, 7) is 3.75. The Balaban J connectivity index is 2.82. The van der Waals surface area contributed by atoms with Gasteiger partial charge in [0.25, 0.3) is 0 Å². The second-order valence-corrected chi connectivity index (χ2v) is 4.11. The Bertz CT molecular complexity index is 329. The number of oxime groups is 1. The molecule has 0 bridgehead atoms. The lowest BCUT2D eigenvalue weighted by atomic mass is 9.91. The van der Waals surface area contributed by atoms with Gasteiger partial charge in [0.05, 0.1) is 18.7 Å². The average Bonchev–Trinajstić information content (AvgIpc) is 2.54. The minimum atomic E-state index is -0.822. The maximum Gasteiger partial charge on any atom is 0.328 e. The van der Waals surface area contributed by atoms with E-state index in [1.54, 1.807) is 13.8 Å². The quantitative estimate of drug-likeness (QED) is 0.325. The van der Waals surface area contributed by atoms with Gasteiger partial charge in [0.2, 0.25) is 5.91 Å². The molecule has 6 nitrogen and oxygen atoms in total. The van der Waals surface area contributed by atoms with Crippen LogP contribution in [0, 0.1) is 5.41 Å². The Kier molecular flexibility index (Phi) is 3.51. The molecule has 1 rings (SSSR count). The molecule has 0 spiro atoms. The van der Waals surface area contributed by atoms with Crippen LogP contribution >= 0.6 is 0 Å². The van der Waals surface area contributed by atoms with E-state index in [1.165, 1.54) is 18.2 Å². The van der Waals surface area contributed by atoms with Gasteiger partial charge in [-0.1, -0.05) is 0 Å². The van der Waals surface area contributed by atoms with E-state index in [0.717, 1.165) is 0 Å². The number of methoxy groups -OCH3 is 1. The highest BCUT2D eigenvalue weighted by atomic mass is 16.5. The van der Waals surface area contributed by atoms with Gasteiger partial charge in [-0.15, -0.1) is 5.16 Å². The third kappa shape index (κ3) is 2.00. The number of hydrogen-bond donors (Lipinski definition) is 1. The Labute approximate surface area is 93.9 Å². The van der Waals surface area contributed by atoms with E-state index >= 15 is 0 Å². The number of likely N-dealkylation sites (tertiary alicyclic amines) is 1. The molecule has 0 aromatic carbocycles. The zero-order chi connectivity index (χ0) is 12.3. The summed E-state index contributed by atoms with van der Waals surface area (Å²) in [6, 6.07) is -0.605. The van der Waals surface area contributed by atoms with Crippen molar-refractivity contribution in [3.05, 3.63) is 0 Å². The summed E-state index contributed by atoms with van der Waals surface area (Å²) in [6.07, 6.45) is 1.73. The van der Waals surface area contributed by atoms with Gasteiger partial charge >= 0.3 is 5.97 Å². The van der Waals surface area contributed by atoms with Crippen LogP contribution in [0.4, 0.5) is 0 Å². The predicted molar refractivity (Wildman–Crippen MR) is 56.2 cm³/mol. The molecular formula is C10H16N2O4. The molecule has 1 aliphatic rings. The van der Waals surface area contributed by atoms with Gasteiger partial charge in [-0.2, -0.15) is 0 Å². The Hall–Kier alpha value is -1.59. The summed E-state index contributed by atoms with van der Waals surface area (Å²) >= 11 is 0. The maximum absolute atomic E-state index is 12.0. The van der Waals surface area contributed by atoms with Crippen LogP contribution in [0.3, 0.4) is 0 Å². The molecule has 1 fully saturated rings. The zero-order valence-electron chi connectivity index (χ0n) is 9.64. The number of hydrogen-bond acceptors (Lipinski definition) is 5. The minimum absolute atomic E-state index is 0.219. The smallest absolute Gasteiger partial charge is 0.328 e. The van der Waals surface area contributed by atoms with Crippen LogP contribution in [0.15, 0.2) is 5.16 Å². The molecule has 1 unspecified atom stereocenters. The molecule has 0 aromatic rings. The lowest BCUT2D eigenvalue weighted by Crippen LogP contribution is -2.43. The maximum atomic E-state index is 12.0. The molecule has 0 aromatic heterocycles. The van der Waals surface area contributed by atoms with E-state index in [1.807, 2.05) is 0 Å². The van der Waals surface area contributed by atoms with E-state index in [0.29, 0.717) is 13.0 Å². The van der Waals surface area contributed by atoms with Crippen LogP contribution < -0.4 is 0 Å². The summed E-state index contributed by atoms with van der Waals surface area (Å²) in [5, 5.41) is 11.4. The summed E-state index contributed by atoms with van der Waals surface area (Å²) in [7, 11) is 1.29. The van der Waals surface area contributed by atoms with Crippen molar-refractivity contribution in [1.82, 2.24) is 4.90 Å². The van der Waals surface area contributed by atoms with E-state index in [9.17, 15) is 9.59 Å². The molecular weight excluding hydrogens is 212 g/mol. The standard InChI is InChI=1S/C10H16N2O4/c1-7(8(13)16-3)12-5-4-10(2,6-11-15)9(12)14/h6-7,15H,4-5H2,1-3H3/b11-6+/t7-,10?/m1/s1. The van der Waals surface area contributed by atoms with Gasteiger partial charge in [0.1, 0.15) is 6.04 Å². The number of carbonyl (C=O) groups excluding carboxylic acids is 2. The number of amides is 1. The highest BCUT2D eigenvalue weighted by Crippen LogP contribution is 2.31. The molecule has 6 heteroatoms. The van der Waals surface area contributed by atoms with E-state index in [4.69, 9.17) is 5.21 Å². The molecule has 0 radical (unpaired) electrons. The lowest BCUT2D eigenvalue weighted by Gasteiger charge is -2.24. The molecule has 0 saturated carbocycles. The van der Waals surface area contributed by atoms with E-state index in [2.05, 4.69) is 9.89 Å². The molecule has 1 N–H and O–H groups in total. The Morgan fingerprint density at radius 1 is 1.75 bits per heavy atom. The summed E-state index contributed by atoms with van der Waals surface area (Å²) in [4.78, 5) is 24.7. The highest BCUT2D eigenvalue weighted by molar-refractivity contribution is 6.01. The number of esters is 1. The van der Waals surface area contributed by atoms with Gasteiger partial charge in [-0.05, 0) is 20.3 Å². The second kappa shape index (κ2) is 4.51. The lowest BCUT2D eigenvalue weighted by molar-refractivity contribution is -0.151. The third-order valence-corrected chi connectivity index (χ3v) is 2.97. The predicted octanol–water partition coefficient (Wildman–Crippen LogP) is 0.246. The number of rotatable bonds is 3. The summed E-state index contributed by atoms with van der Waals surface area (Å²) in [5.41, 5.74) is -0.822. The fourth-order valence-corrected chi connectivity index (χ4v) is 1.80. The van der Waals surface area contributed by atoms with Gasteiger partial charge in [0.15, 0.2) is 0 Å². The van der Waals surface area contributed by atoms with Crippen molar-refractivity contribution in [2.75, 3.05) is 13.7 Å². The van der Waals surface area contributed by atoms with Crippen LogP contribution in [0.25, 0.3) is 0 Å². The van der Waals surface area contributed by atoms with Gasteiger partial charge in [0, 0.05) is 6.54 Å². The highest BCUT2D eigenvalue weighted by Gasteiger charge is 2.45. The molecule has 1 heterocycles. The van der Waals surface area contributed by atoms with Crippen molar-refractivity contribution in [2.45, 2.75) is 26.3 Å². The van der Waals surface area contributed by atoms with Crippen molar-refractivity contribution in [1.29, 1.82) is 0 Å². The topological polar surface area (TPSA) is 79.2 Å². The molecule has 1 amide bonds. The molecule has 1 saturated heterocycles. The van der Waals surface area contributed by atoms with Crippen molar-refractivity contribution in [2.24, 2.45) is 10.6 Å². The number of carbonyl (C=O) groups is 2. The largest absolute Gasteiger partial charge is 0.467 e. The van der Waals surface area contributed by atoms with E-state index < -0.39 is 17.4 Å². The average molecular weight is 228 g/mol. The van der Waals surface area contributed by atoms with Crippen molar-refractivity contribution in [3.63, 3.8) is 0 Å². The molecule has 1 aliphatic heterocycles. The van der Waals surface area contributed by atoms with Crippen molar-refractivity contribution in [3.8, 4) is 0 Å². The summed E-state index contributed by atoms with van der Waals surface area (Å²) < 4.78 is 4.59. The molecule has 0 aliphatic carbocycles. The number of ether oxygens (including phenoxy) is 1. The van der Waals surface area contributed by atoms with Crippen molar-refractivity contribution < 1.29 is 19.5 Å². The molecule has 16 heavy (non-hydrogen) atoms. The zero-order valence-corrected chi connectivity index (χ0v) is 9.64. The first-order chi connectivity index (χ1) is 7.46. The molecule has 90 valence electrons. The van der Waals surface area contributed by atoms with Gasteiger partial charge in [-0.3, -0.25) is 4.79 Å². The van der Waals surface area contributed by atoms with Crippen LogP contribution in [-0.4, -0.2) is 47.9 Å². The normalized spacial score (nSPS) is 27.4. The summed E-state index contributed by atoms with van der Waals surface area (Å²) in [5.74, 6) is -0.665. The van der Waals surface area contributed by atoms with Crippen LogP contribution in [0.5, 0.6) is 0 Å². The first-order valence-corrected chi connectivity index (χ1v) is 5.04. The SMILES string of the molecule is COC(=O)[C@@H](C)N1CCC(C)(/C=N/O)C1=O. The van der Waals surface area contributed by atoms with Gasteiger partial charge < -0.3 is 14.8 Å². The third-order valence-electron chi connectivity index (χ3n) is 2.97. The van der Waals surface area contributed by atoms with E-state index in [-0.39, 0.29) is 5.91 Å². The van der Waals surface area contributed by atoms with Crippen LogP contribution in [-0.2, 0) is 14.3 Å². The van der Waals surface area contributed by atoms with Crippen LogP contribution in [0.2, 0.25) is 0 Å². The monoisotopic (exact) mass is 228 g/mol. The van der Waals surface area contributed by atoms with Crippen molar-refractivity contribution >= 4 is 18.1 Å². The first-order valence-electron chi connectivity index (χ1n) is 5.04. The Morgan fingerprint density at radius 2 is 2.38 bits per heavy atom.